The minimum atomic E-state index is -1.43. The van der Waals surface area contributed by atoms with E-state index in [1.807, 2.05) is 20.8 Å². The Bertz CT molecular complexity index is 605. The van der Waals surface area contributed by atoms with E-state index in [-0.39, 0.29) is 5.56 Å². The van der Waals surface area contributed by atoms with Gasteiger partial charge >= 0.3 is 5.97 Å². The highest BCUT2D eigenvalue weighted by Crippen LogP contribution is 2.30. The average Bonchev–Trinajstić information content (AvgIpc) is 2.49. The second-order valence-corrected chi connectivity index (χ2v) is 7.32. The van der Waals surface area contributed by atoms with Crippen molar-refractivity contribution >= 4 is 23.2 Å². The van der Waals surface area contributed by atoms with Gasteiger partial charge in [0, 0.05) is 11.8 Å². The fourth-order valence-electron chi connectivity index (χ4n) is 1.55. The lowest BCUT2D eigenvalue weighted by atomic mass is 10.1. The molecule has 0 heterocycles. The summed E-state index contributed by atoms with van der Waals surface area (Å²) in [4.78, 5) is 11.9. The van der Waals surface area contributed by atoms with Gasteiger partial charge in [-0.15, -0.1) is 0 Å². The number of rotatable bonds is 5. The van der Waals surface area contributed by atoms with Crippen molar-refractivity contribution in [3.05, 3.63) is 23.3 Å². The third-order valence-corrected chi connectivity index (χ3v) is 4.12. The zero-order valence-electron chi connectivity index (χ0n) is 13.6. The van der Waals surface area contributed by atoms with Crippen LogP contribution in [-0.2, 0) is 15.7 Å². The summed E-state index contributed by atoms with van der Waals surface area (Å²) in [7, 11) is 2.82. The van der Waals surface area contributed by atoms with Gasteiger partial charge in [0.15, 0.2) is 11.5 Å². The van der Waals surface area contributed by atoms with Crippen LogP contribution in [-0.4, -0.2) is 42.5 Å². The lowest BCUT2D eigenvalue weighted by molar-refractivity contribution is 0.0600. The molecule has 0 N–H and O–H groups in total. The SMILES string of the molecule is COC(=O)c1cc(OC)c(OC)cc1/C=N/[S@@](=O)C(C)(C)C. The molecule has 0 aliphatic carbocycles. The van der Waals surface area contributed by atoms with Crippen molar-refractivity contribution in [2.75, 3.05) is 21.3 Å². The number of methoxy groups -OCH3 is 3. The van der Waals surface area contributed by atoms with Gasteiger partial charge in [0.1, 0.15) is 11.0 Å². The van der Waals surface area contributed by atoms with Crippen molar-refractivity contribution < 1.29 is 23.2 Å². The molecule has 7 heteroatoms. The van der Waals surface area contributed by atoms with Crippen LogP contribution in [0.25, 0.3) is 0 Å². The van der Waals surface area contributed by atoms with Gasteiger partial charge in [0.25, 0.3) is 0 Å². The maximum atomic E-state index is 12.0. The van der Waals surface area contributed by atoms with Crippen LogP contribution in [0.3, 0.4) is 0 Å². The van der Waals surface area contributed by atoms with Gasteiger partial charge in [-0.2, -0.15) is 4.40 Å². The van der Waals surface area contributed by atoms with Gasteiger partial charge in [0.05, 0.1) is 31.6 Å². The van der Waals surface area contributed by atoms with Gasteiger partial charge in [-0.25, -0.2) is 9.00 Å². The Balaban J connectivity index is 3.35. The van der Waals surface area contributed by atoms with Gasteiger partial charge in [-0.05, 0) is 32.9 Å². The first-order valence-electron chi connectivity index (χ1n) is 6.55. The number of hydrogen-bond acceptors (Lipinski definition) is 5. The van der Waals surface area contributed by atoms with E-state index in [4.69, 9.17) is 14.2 Å². The third-order valence-electron chi connectivity index (χ3n) is 2.77. The topological polar surface area (TPSA) is 74.2 Å². The molecule has 0 unspecified atom stereocenters. The highest BCUT2D eigenvalue weighted by molar-refractivity contribution is 7.85. The van der Waals surface area contributed by atoms with Crippen molar-refractivity contribution in [1.29, 1.82) is 0 Å². The van der Waals surface area contributed by atoms with Crippen LogP contribution in [0.4, 0.5) is 0 Å². The molecule has 1 rings (SSSR count). The molecule has 0 spiro atoms. The minimum Gasteiger partial charge on any atom is -0.493 e. The summed E-state index contributed by atoms with van der Waals surface area (Å²) in [5.74, 6) is 0.305. The molecule has 0 aliphatic heterocycles. The number of nitrogens with zero attached hydrogens (tertiary/aromatic N) is 1. The molecule has 6 nitrogen and oxygen atoms in total. The summed E-state index contributed by atoms with van der Waals surface area (Å²) < 4.78 is 30.7. The molecule has 0 amide bonds. The van der Waals surface area contributed by atoms with E-state index in [1.54, 1.807) is 6.07 Å². The first-order chi connectivity index (χ1) is 10.2. The summed E-state index contributed by atoms with van der Waals surface area (Å²) in [6, 6.07) is 3.10. The second-order valence-electron chi connectivity index (χ2n) is 5.38. The molecule has 0 fully saturated rings. The maximum absolute atomic E-state index is 12.0. The number of ether oxygens (including phenoxy) is 3. The molecule has 1 aromatic carbocycles. The number of carbonyl (C=O) groups is 1. The fourth-order valence-corrected chi connectivity index (χ4v) is 2.08. The van der Waals surface area contributed by atoms with Crippen LogP contribution in [0.1, 0.15) is 36.7 Å². The van der Waals surface area contributed by atoms with Gasteiger partial charge in [-0.1, -0.05) is 0 Å². The molecule has 0 saturated carbocycles. The maximum Gasteiger partial charge on any atom is 0.338 e. The van der Waals surface area contributed by atoms with E-state index in [0.29, 0.717) is 17.1 Å². The summed E-state index contributed by atoms with van der Waals surface area (Å²) in [5, 5.41) is 0. The molecule has 0 aromatic heterocycles. The Morgan fingerprint density at radius 3 is 2.14 bits per heavy atom. The van der Waals surface area contributed by atoms with Crippen molar-refractivity contribution in [3.63, 3.8) is 0 Å². The molecular formula is C15H21NO5S. The monoisotopic (exact) mass is 327 g/mol. The Morgan fingerprint density at radius 1 is 1.14 bits per heavy atom. The summed E-state index contributed by atoms with van der Waals surface area (Å²) >= 11 is 0. The van der Waals surface area contributed by atoms with Crippen molar-refractivity contribution in [1.82, 2.24) is 0 Å². The molecule has 0 bridgehead atoms. The molecular weight excluding hydrogens is 306 g/mol. The van der Waals surface area contributed by atoms with Gasteiger partial charge in [-0.3, -0.25) is 0 Å². The van der Waals surface area contributed by atoms with E-state index < -0.39 is 21.7 Å². The molecule has 1 atom stereocenters. The number of hydrogen-bond donors (Lipinski definition) is 0. The predicted molar refractivity (Wildman–Crippen MR) is 86.4 cm³/mol. The predicted octanol–water partition coefficient (Wildman–Crippen LogP) is 2.37. The molecule has 1 aromatic rings. The van der Waals surface area contributed by atoms with Crippen LogP contribution >= 0.6 is 0 Å². The summed E-state index contributed by atoms with van der Waals surface area (Å²) in [5.41, 5.74) is 0.705. The van der Waals surface area contributed by atoms with Crippen LogP contribution < -0.4 is 9.47 Å². The van der Waals surface area contributed by atoms with Crippen molar-refractivity contribution in [3.8, 4) is 11.5 Å². The van der Waals surface area contributed by atoms with Crippen molar-refractivity contribution in [2.24, 2.45) is 4.40 Å². The zero-order valence-corrected chi connectivity index (χ0v) is 14.4. The smallest absolute Gasteiger partial charge is 0.338 e. The second kappa shape index (κ2) is 7.40. The lowest BCUT2D eigenvalue weighted by Crippen LogP contribution is -2.19. The van der Waals surface area contributed by atoms with E-state index in [9.17, 15) is 9.00 Å². The summed E-state index contributed by atoms with van der Waals surface area (Å²) in [6.45, 7) is 5.45. The Kier molecular flexibility index (Phi) is 6.11. The van der Waals surface area contributed by atoms with Gasteiger partial charge < -0.3 is 14.2 Å². The molecule has 0 saturated heterocycles. The van der Waals surface area contributed by atoms with E-state index in [0.717, 1.165) is 0 Å². The molecule has 0 radical (unpaired) electrons. The normalized spacial score (nSPS) is 13.0. The first kappa shape index (κ1) is 18.2. The highest BCUT2D eigenvalue weighted by Gasteiger charge is 2.20. The van der Waals surface area contributed by atoms with E-state index in [1.165, 1.54) is 33.6 Å². The number of esters is 1. The largest absolute Gasteiger partial charge is 0.493 e. The van der Waals surface area contributed by atoms with Gasteiger partial charge in [0.2, 0.25) is 0 Å². The third kappa shape index (κ3) is 4.30. The Morgan fingerprint density at radius 2 is 1.68 bits per heavy atom. The average molecular weight is 327 g/mol. The Labute approximate surface area is 133 Å². The Hall–Kier alpha value is -1.89. The number of carbonyl (C=O) groups excluding carboxylic acids is 1. The quantitative estimate of drug-likeness (QED) is 0.613. The lowest BCUT2D eigenvalue weighted by Gasteiger charge is -2.14. The van der Waals surface area contributed by atoms with Crippen LogP contribution in [0.15, 0.2) is 16.5 Å². The first-order valence-corrected chi connectivity index (χ1v) is 7.65. The molecule has 122 valence electrons. The van der Waals surface area contributed by atoms with Crippen molar-refractivity contribution in [2.45, 2.75) is 25.5 Å². The van der Waals surface area contributed by atoms with E-state index >= 15 is 0 Å². The molecule has 22 heavy (non-hydrogen) atoms. The van der Waals surface area contributed by atoms with Crippen LogP contribution in [0.2, 0.25) is 0 Å². The fraction of sp³-hybridized carbons (Fsp3) is 0.467. The van der Waals surface area contributed by atoms with Crippen LogP contribution in [0.5, 0.6) is 11.5 Å². The highest BCUT2D eigenvalue weighted by atomic mass is 32.2. The summed E-state index contributed by atoms with van der Waals surface area (Å²) in [6.07, 6.45) is 1.38. The number of benzene rings is 1. The van der Waals surface area contributed by atoms with E-state index in [2.05, 4.69) is 4.40 Å². The minimum absolute atomic E-state index is 0.259. The molecule has 0 aliphatic rings. The standard InChI is InChI=1S/C15H21NO5S/c1-15(2,3)22(18)16-9-10-7-12(19-4)13(20-5)8-11(10)14(17)21-6/h7-9H,1-6H3/b16-9+/t22-/m0/s1. The zero-order chi connectivity index (χ0) is 16.9. The van der Waals surface area contributed by atoms with Crippen LogP contribution in [0, 0.1) is 0 Å².